The molecule has 1 saturated heterocycles. The number of esters is 1. The summed E-state index contributed by atoms with van der Waals surface area (Å²) in [5.41, 5.74) is 1.77. The van der Waals surface area contributed by atoms with Crippen LogP contribution in [0.5, 0.6) is 5.75 Å². The molecule has 1 aliphatic rings. The highest BCUT2D eigenvalue weighted by molar-refractivity contribution is 8.19. The molecule has 0 aromatic heterocycles. The number of ether oxygens (including phenoxy) is 1. The van der Waals surface area contributed by atoms with E-state index in [4.69, 9.17) is 4.74 Å². The molecule has 0 N–H and O–H groups in total. The fraction of sp³-hybridized carbons (Fsp3) is 0.167. The fourth-order valence-corrected chi connectivity index (χ4v) is 5.16. The fourth-order valence-electron chi connectivity index (χ4n) is 2.30. The van der Waals surface area contributed by atoms with Gasteiger partial charge < -0.3 is 4.74 Å². The molecule has 0 radical (unpaired) electrons. The molecule has 128 valence electrons. The molecule has 0 amide bonds. The van der Waals surface area contributed by atoms with Crippen LogP contribution >= 0.6 is 23.5 Å². The van der Waals surface area contributed by atoms with Crippen molar-refractivity contribution in [2.75, 3.05) is 11.5 Å². The summed E-state index contributed by atoms with van der Waals surface area (Å²) in [7, 11) is 0. The lowest BCUT2D eigenvalue weighted by atomic mass is 10.2. The SMILES string of the molecule is O=C(/C=C/c1cccc([N+](=O)[O-])c1)Oc1ccc(C2SCCS2)cc1. The highest BCUT2D eigenvalue weighted by Gasteiger charge is 2.18. The van der Waals surface area contributed by atoms with E-state index in [0.717, 1.165) is 11.5 Å². The predicted molar refractivity (Wildman–Crippen MR) is 102 cm³/mol. The molecular formula is C18H15NO4S2. The summed E-state index contributed by atoms with van der Waals surface area (Å²) < 4.78 is 5.72. The van der Waals surface area contributed by atoms with E-state index in [-0.39, 0.29) is 5.69 Å². The Morgan fingerprint density at radius 2 is 1.88 bits per heavy atom. The van der Waals surface area contributed by atoms with Gasteiger partial charge >= 0.3 is 5.97 Å². The van der Waals surface area contributed by atoms with Crippen molar-refractivity contribution in [2.24, 2.45) is 0 Å². The molecule has 25 heavy (non-hydrogen) atoms. The smallest absolute Gasteiger partial charge is 0.336 e. The number of nitro groups is 1. The first-order valence-corrected chi connectivity index (χ1v) is 9.69. The largest absolute Gasteiger partial charge is 0.423 e. The van der Waals surface area contributed by atoms with Crippen LogP contribution < -0.4 is 4.74 Å². The Labute approximate surface area is 153 Å². The summed E-state index contributed by atoms with van der Waals surface area (Å²) >= 11 is 3.84. The van der Waals surface area contributed by atoms with Gasteiger partial charge in [-0.1, -0.05) is 24.3 Å². The van der Waals surface area contributed by atoms with E-state index in [0.29, 0.717) is 15.9 Å². The minimum atomic E-state index is -0.524. The van der Waals surface area contributed by atoms with E-state index in [1.807, 2.05) is 35.7 Å². The standard InChI is InChI=1S/C18H15NO4S2/c20-17(9-4-13-2-1-3-15(12-13)19(21)22)23-16-7-5-14(6-8-16)18-24-10-11-25-18/h1-9,12,18H,10-11H2/b9-4+. The van der Waals surface area contributed by atoms with E-state index in [1.54, 1.807) is 24.3 Å². The Hall–Kier alpha value is -2.25. The number of carbonyl (C=O) groups excluding carboxylic acids is 1. The highest BCUT2D eigenvalue weighted by atomic mass is 32.2. The molecule has 2 aromatic carbocycles. The number of thioether (sulfide) groups is 2. The number of non-ortho nitro benzene ring substituents is 1. The number of hydrogen-bond acceptors (Lipinski definition) is 6. The van der Waals surface area contributed by atoms with Crippen molar-refractivity contribution in [1.29, 1.82) is 0 Å². The number of nitrogens with zero attached hydrogens (tertiary/aromatic N) is 1. The van der Waals surface area contributed by atoms with Crippen molar-refractivity contribution in [3.63, 3.8) is 0 Å². The Morgan fingerprint density at radius 3 is 2.56 bits per heavy atom. The highest BCUT2D eigenvalue weighted by Crippen LogP contribution is 2.45. The zero-order valence-electron chi connectivity index (χ0n) is 13.2. The third kappa shape index (κ3) is 4.87. The van der Waals surface area contributed by atoms with Gasteiger partial charge in [0.1, 0.15) is 5.75 Å². The maximum atomic E-state index is 11.9. The minimum absolute atomic E-state index is 0.0197. The molecule has 1 aliphatic heterocycles. The maximum Gasteiger partial charge on any atom is 0.336 e. The Bertz CT molecular complexity index is 799. The average Bonchev–Trinajstić information content (AvgIpc) is 3.15. The van der Waals surface area contributed by atoms with Gasteiger partial charge in [0, 0.05) is 29.7 Å². The first kappa shape index (κ1) is 17.6. The molecule has 5 nitrogen and oxygen atoms in total. The Balaban J connectivity index is 1.60. The van der Waals surface area contributed by atoms with Gasteiger partial charge in [0.15, 0.2) is 0 Å². The van der Waals surface area contributed by atoms with Crippen LogP contribution in [0.2, 0.25) is 0 Å². The van der Waals surface area contributed by atoms with Gasteiger partial charge in [-0.2, -0.15) is 0 Å². The van der Waals surface area contributed by atoms with Crippen molar-refractivity contribution in [3.05, 3.63) is 75.8 Å². The molecule has 7 heteroatoms. The summed E-state index contributed by atoms with van der Waals surface area (Å²) in [6.45, 7) is 0. The third-order valence-corrected chi connectivity index (χ3v) is 6.59. The number of nitro benzene ring substituents is 1. The molecule has 1 heterocycles. The molecule has 3 rings (SSSR count). The van der Waals surface area contributed by atoms with Crippen molar-refractivity contribution in [3.8, 4) is 5.75 Å². The molecule has 0 bridgehead atoms. The first-order chi connectivity index (χ1) is 12.1. The van der Waals surface area contributed by atoms with Gasteiger partial charge in [0.2, 0.25) is 0 Å². The summed E-state index contributed by atoms with van der Waals surface area (Å²) in [6.07, 6.45) is 2.76. The van der Waals surface area contributed by atoms with E-state index in [1.165, 1.54) is 29.8 Å². The molecule has 1 fully saturated rings. The molecule has 2 aromatic rings. The number of benzene rings is 2. The topological polar surface area (TPSA) is 69.4 Å². The van der Waals surface area contributed by atoms with Crippen LogP contribution in [0.1, 0.15) is 15.7 Å². The van der Waals surface area contributed by atoms with Crippen LogP contribution in [0, 0.1) is 10.1 Å². The molecule has 0 atom stereocenters. The van der Waals surface area contributed by atoms with Gasteiger partial charge in [-0.05, 0) is 29.3 Å². The van der Waals surface area contributed by atoms with Gasteiger partial charge in [0.05, 0.1) is 9.51 Å². The first-order valence-electron chi connectivity index (χ1n) is 7.59. The predicted octanol–water partition coefficient (Wildman–Crippen LogP) is 4.69. The molecular weight excluding hydrogens is 358 g/mol. The van der Waals surface area contributed by atoms with E-state index >= 15 is 0 Å². The molecule has 0 aliphatic carbocycles. The zero-order chi connectivity index (χ0) is 17.6. The zero-order valence-corrected chi connectivity index (χ0v) is 14.8. The van der Waals surface area contributed by atoms with Crippen LogP contribution in [0.4, 0.5) is 5.69 Å². The quantitative estimate of drug-likeness (QED) is 0.249. The number of carbonyl (C=O) groups is 1. The summed E-state index contributed by atoms with van der Waals surface area (Å²) in [4.78, 5) is 22.2. The maximum absolute atomic E-state index is 11.9. The molecule has 0 saturated carbocycles. The Kier molecular flexibility index (Phi) is 5.78. The average molecular weight is 373 g/mol. The van der Waals surface area contributed by atoms with Crippen LogP contribution in [-0.2, 0) is 4.79 Å². The van der Waals surface area contributed by atoms with Crippen LogP contribution in [0.25, 0.3) is 6.08 Å². The minimum Gasteiger partial charge on any atom is -0.423 e. The normalized spacial score (nSPS) is 14.7. The number of hydrogen-bond donors (Lipinski definition) is 0. The van der Waals surface area contributed by atoms with Gasteiger partial charge in [0.25, 0.3) is 5.69 Å². The van der Waals surface area contributed by atoms with E-state index in [2.05, 4.69) is 0 Å². The lowest BCUT2D eigenvalue weighted by Crippen LogP contribution is -2.03. The van der Waals surface area contributed by atoms with Crippen LogP contribution in [-0.4, -0.2) is 22.4 Å². The lowest BCUT2D eigenvalue weighted by Gasteiger charge is -2.08. The van der Waals surface area contributed by atoms with Crippen LogP contribution in [0.15, 0.2) is 54.6 Å². The molecule has 0 unspecified atom stereocenters. The van der Waals surface area contributed by atoms with Crippen molar-refractivity contribution >= 4 is 41.3 Å². The Morgan fingerprint density at radius 1 is 1.16 bits per heavy atom. The van der Waals surface area contributed by atoms with Crippen molar-refractivity contribution in [1.82, 2.24) is 0 Å². The van der Waals surface area contributed by atoms with Gasteiger partial charge in [-0.25, -0.2) is 4.79 Å². The van der Waals surface area contributed by atoms with Crippen molar-refractivity contribution < 1.29 is 14.5 Å². The van der Waals surface area contributed by atoms with Gasteiger partial charge in [-0.15, -0.1) is 23.5 Å². The third-order valence-electron chi connectivity index (χ3n) is 3.49. The van der Waals surface area contributed by atoms with Gasteiger partial charge in [-0.3, -0.25) is 10.1 Å². The second-order valence-corrected chi connectivity index (χ2v) is 7.97. The monoisotopic (exact) mass is 373 g/mol. The summed E-state index contributed by atoms with van der Waals surface area (Å²) in [5, 5.41) is 10.7. The summed E-state index contributed by atoms with van der Waals surface area (Å²) in [6, 6.07) is 13.6. The lowest BCUT2D eigenvalue weighted by molar-refractivity contribution is -0.384. The summed E-state index contributed by atoms with van der Waals surface area (Å²) in [5.74, 6) is 2.28. The van der Waals surface area contributed by atoms with E-state index < -0.39 is 10.9 Å². The molecule has 0 spiro atoms. The number of rotatable bonds is 5. The van der Waals surface area contributed by atoms with Crippen molar-refractivity contribution in [2.45, 2.75) is 4.58 Å². The van der Waals surface area contributed by atoms with E-state index in [9.17, 15) is 14.9 Å². The second kappa shape index (κ2) is 8.22. The van der Waals surface area contributed by atoms with Crippen LogP contribution in [0.3, 0.4) is 0 Å². The second-order valence-electron chi connectivity index (χ2n) is 5.25.